The molecular weight excluding hydrogens is 220 g/mol. The van der Waals surface area contributed by atoms with Gasteiger partial charge in [0.05, 0.1) is 11.6 Å². The minimum atomic E-state index is 0.440. The third kappa shape index (κ3) is 1.89. The smallest absolute Gasteiger partial charge is 0.0991 e. The van der Waals surface area contributed by atoms with Crippen molar-refractivity contribution < 1.29 is 0 Å². The van der Waals surface area contributed by atoms with E-state index in [1.54, 1.807) is 0 Å². The van der Waals surface area contributed by atoms with Crippen LogP contribution < -0.4 is 0 Å². The van der Waals surface area contributed by atoms with Crippen LogP contribution in [0.2, 0.25) is 0 Å². The number of nitrogens with zero attached hydrogens (tertiary/aromatic N) is 2. The van der Waals surface area contributed by atoms with Gasteiger partial charge in [-0.1, -0.05) is 12.1 Å². The first-order valence-electron chi connectivity index (χ1n) is 6.31. The van der Waals surface area contributed by atoms with Crippen molar-refractivity contribution in [3.05, 3.63) is 65.0 Å². The monoisotopic (exact) mass is 234 g/mol. The summed E-state index contributed by atoms with van der Waals surface area (Å²) in [6.45, 7) is 0. The molecule has 1 aromatic carbocycles. The number of hydrogen-bond donors (Lipinski definition) is 0. The van der Waals surface area contributed by atoms with Gasteiger partial charge in [-0.25, -0.2) is 0 Å². The standard InChI is InChI=1S/C16H14N2/c17-10-12-4-6-14(7-5-12)15-3-1-2-13-8-9-18-11-16(13)15/h4-9,11,15H,1-3H2. The molecular formula is C16H14N2. The number of aryl methyl sites for hydroxylation is 1. The summed E-state index contributed by atoms with van der Waals surface area (Å²) in [4.78, 5) is 4.26. The second kappa shape index (κ2) is 4.62. The van der Waals surface area contributed by atoms with E-state index >= 15 is 0 Å². The number of hydrogen-bond acceptors (Lipinski definition) is 2. The predicted molar refractivity (Wildman–Crippen MR) is 70.2 cm³/mol. The number of pyridine rings is 1. The summed E-state index contributed by atoms with van der Waals surface area (Å²) in [5.74, 6) is 0.440. The summed E-state index contributed by atoms with van der Waals surface area (Å²) in [5, 5.41) is 8.84. The van der Waals surface area contributed by atoms with Gasteiger partial charge >= 0.3 is 0 Å². The molecule has 0 radical (unpaired) electrons. The van der Waals surface area contributed by atoms with E-state index in [-0.39, 0.29) is 0 Å². The van der Waals surface area contributed by atoms with Crippen molar-refractivity contribution in [2.45, 2.75) is 25.2 Å². The van der Waals surface area contributed by atoms with Gasteiger partial charge in [-0.15, -0.1) is 0 Å². The highest BCUT2D eigenvalue weighted by molar-refractivity contribution is 5.40. The molecule has 2 heteroatoms. The molecule has 1 atom stereocenters. The van der Waals surface area contributed by atoms with Gasteiger partial charge in [0.1, 0.15) is 0 Å². The second-order valence-electron chi connectivity index (χ2n) is 4.75. The molecule has 0 saturated carbocycles. The second-order valence-corrected chi connectivity index (χ2v) is 4.75. The van der Waals surface area contributed by atoms with Crippen LogP contribution in [0.15, 0.2) is 42.7 Å². The largest absolute Gasteiger partial charge is 0.264 e. The molecule has 2 aromatic rings. The first-order chi connectivity index (χ1) is 8.88. The van der Waals surface area contributed by atoms with Crippen molar-refractivity contribution in [1.82, 2.24) is 4.98 Å². The highest BCUT2D eigenvalue weighted by Crippen LogP contribution is 2.35. The highest BCUT2D eigenvalue weighted by Gasteiger charge is 2.21. The van der Waals surface area contributed by atoms with Crippen molar-refractivity contribution in [2.75, 3.05) is 0 Å². The van der Waals surface area contributed by atoms with Gasteiger partial charge in [0.2, 0.25) is 0 Å². The SMILES string of the molecule is N#Cc1ccc(C2CCCc3ccncc32)cc1. The Morgan fingerprint density at radius 2 is 2.00 bits per heavy atom. The third-order valence-electron chi connectivity index (χ3n) is 3.70. The molecule has 1 aromatic heterocycles. The van der Waals surface area contributed by atoms with Crippen LogP contribution in [0.5, 0.6) is 0 Å². The van der Waals surface area contributed by atoms with Crippen LogP contribution in [0, 0.1) is 11.3 Å². The van der Waals surface area contributed by atoms with Crippen LogP contribution in [0.1, 0.15) is 41.0 Å². The van der Waals surface area contributed by atoms with E-state index in [0.717, 1.165) is 12.0 Å². The first-order valence-corrected chi connectivity index (χ1v) is 6.31. The lowest BCUT2D eigenvalue weighted by molar-refractivity contribution is 0.613. The lowest BCUT2D eigenvalue weighted by Gasteiger charge is -2.25. The Morgan fingerprint density at radius 1 is 1.17 bits per heavy atom. The van der Waals surface area contributed by atoms with Crippen LogP contribution in [-0.4, -0.2) is 4.98 Å². The van der Waals surface area contributed by atoms with Crippen LogP contribution in [0.3, 0.4) is 0 Å². The number of benzene rings is 1. The molecule has 1 heterocycles. The molecule has 0 fully saturated rings. The molecule has 0 aliphatic heterocycles. The van der Waals surface area contributed by atoms with Gasteiger partial charge in [0.15, 0.2) is 0 Å². The van der Waals surface area contributed by atoms with E-state index in [1.165, 1.54) is 29.5 Å². The fourth-order valence-corrected chi connectivity index (χ4v) is 2.77. The molecule has 0 bridgehead atoms. The molecule has 0 saturated heterocycles. The number of fused-ring (bicyclic) bond motifs is 1. The summed E-state index contributed by atoms with van der Waals surface area (Å²) in [7, 11) is 0. The zero-order chi connectivity index (χ0) is 12.4. The van der Waals surface area contributed by atoms with Gasteiger partial charge in [-0.3, -0.25) is 4.98 Å². The van der Waals surface area contributed by atoms with Crippen molar-refractivity contribution in [3.63, 3.8) is 0 Å². The van der Waals surface area contributed by atoms with Crippen LogP contribution in [-0.2, 0) is 6.42 Å². The molecule has 88 valence electrons. The molecule has 18 heavy (non-hydrogen) atoms. The van der Waals surface area contributed by atoms with Crippen LogP contribution >= 0.6 is 0 Å². The number of aromatic nitrogens is 1. The zero-order valence-corrected chi connectivity index (χ0v) is 10.1. The normalized spacial score (nSPS) is 17.8. The number of rotatable bonds is 1. The average Bonchev–Trinajstić information content (AvgIpc) is 2.47. The molecule has 0 spiro atoms. The van der Waals surface area contributed by atoms with Gasteiger partial charge in [0, 0.05) is 18.3 Å². The van der Waals surface area contributed by atoms with Crippen molar-refractivity contribution in [1.29, 1.82) is 5.26 Å². The van der Waals surface area contributed by atoms with Gasteiger partial charge in [-0.2, -0.15) is 5.26 Å². The quantitative estimate of drug-likeness (QED) is 0.758. The topological polar surface area (TPSA) is 36.7 Å². The Morgan fingerprint density at radius 3 is 2.78 bits per heavy atom. The van der Waals surface area contributed by atoms with Gasteiger partial charge in [0.25, 0.3) is 0 Å². The van der Waals surface area contributed by atoms with Gasteiger partial charge < -0.3 is 0 Å². The summed E-state index contributed by atoms with van der Waals surface area (Å²) in [5.41, 5.74) is 4.79. The Balaban J connectivity index is 2.00. The third-order valence-corrected chi connectivity index (χ3v) is 3.70. The lowest BCUT2D eigenvalue weighted by Crippen LogP contribution is -2.11. The van der Waals surface area contributed by atoms with Gasteiger partial charge in [-0.05, 0) is 54.2 Å². The molecule has 1 aliphatic carbocycles. The predicted octanol–water partition coefficient (Wildman–Crippen LogP) is 3.42. The molecule has 0 amide bonds. The van der Waals surface area contributed by atoms with E-state index in [0.29, 0.717) is 5.92 Å². The Bertz CT molecular complexity index is 593. The van der Waals surface area contributed by atoms with Crippen LogP contribution in [0.4, 0.5) is 0 Å². The highest BCUT2D eigenvalue weighted by atomic mass is 14.6. The summed E-state index contributed by atoms with van der Waals surface area (Å²) in [6.07, 6.45) is 7.42. The molecule has 0 N–H and O–H groups in total. The Hall–Kier alpha value is -2.14. The lowest BCUT2D eigenvalue weighted by atomic mass is 9.80. The zero-order valence-electron chi connectivity index (χ0n) is 10.1. The molecule has 1 unspecified atom stereocenters. The Kier molecular flexibility index (Phi) is 2.82. The number of nitriles is 1. The first kappa shape index (κ1) is 11.0. The maximum atomic E-state index is 8.84. The van der Waals surface area contributed by atoms with Crippen molar-refractivity contribution in [2.24, 2.45) is 0 Å². The van der Waals surface area contributed by atoms with Crippen molar-refractivity contribution in [3.8, 4) is 6.07 Å². The van der Waals surface area contributed by atoms with E-state index in [2.05, 4.69) is 29.3 Å². The Labute approximate surface area is 107 Å². The average molecular weight is 234 g/mol. The maximum absolute atomic E-state index is 8.84. The molecule has 2 nitrogen and oxygen atoms in total. The minimum absolute atomic E-state index is 0.440. The maximum Gasteiger partial charge on any atom is 0.0991 e. The van der Waals surface area contributed by atoms with Crippen molar-refractivity contribution >= 4 is 0 Å². The fourth-order valence-electron chi connectivity index (χ4n) is 2.77. The van der Waals surface area contributed by atoms with E-state index in [1.807, 2.05) is 24.5 Å². The molecule has 3 rings (SSSR count). The minimum Gasteiger partial charge on any atom is -0.264 e. The molecule has 1 aliphatic rings. The van der Waals surface area contributed by atoms with Crippen LogP contribution in [0.25, 0.3) is 0 Å². The summed E-state index contributed by atoms with van der Waals surface area (Å²) < 4.78 is 0. The summed E-state index contributed by atoms with van der Waals surface area (Å²) in [6, 6.07) is 12.2. The van der Waals surface area contributed by atoms with E-state index < -0.39 is 0 Å². The van der Waals surface area contributed by atoms with E-state index in [4.69, 9.17) is 5.26 Å². The summed E-state index contributed by atoms with van der Waals surface area (Å²) >= 11 is 0. The fraction of sp³-hybridized carbons (Fsp3) is 0.250. The van der Waals surface area contributed by atoms with E-state index in [9.17, 15) is 0 Å².